The molecule has 1 amide bonds. The largest absolute Gasteiger partial charge is 0.481 e. The highest BCUT2D eigenvalue weighted by Gasteiger charge is 2.03. The van der Waals surface area contributed by atoms with Crippen LogP contribution in [0.4, 0.5) is 0 Å². The number of carbonyl (C=O) groups excluding carboxylic acids is 1. The molecule has 0 spiro atoms. The predicted octanol–water partition coefficient (Wildman–Crippen LogP) is -1.09. The van der Waals surface area contributed by atoms with Gasteiger partial charge in [0.05, 0.1) is 6.42 Å². The van der Waals surface area contributed by atoms with Gasteiger partial charge in [-0.15, -0.1) is 0 Å². The second kappa shape index (κ2) is 9.42. The SMILES string of the molecule is NCCNCCCNC(=O)CCC(=O)O. The van der Waals surface area contributed by atoms with Gasteiger partial charge in [-0.05, 0) is 13.0 Å². The lowest BCUT2D eigenvalue weighted by Crippen LogP contribution is -2.29. The summed E-state index contributed by atoms with van der Waals surface area (Å²) in [6.45, 7) is 2.74. The summed E-state index contributed by atoms with van der Waals surface area (Å²) >= 11 is 0. The number of carboxylic acid groups (broad SMARTS) is 1. The summed E-state index contributed by atoms with van der Waals surface area (Å²) in [7, 11) is 0. The van der Waals surface area contributed by atoms with Crippen molar-refractivity contribution < 1.29 is 14.7 Å². The molecular weight excluding hydrogens is 198 g/mol. The third-order valence-corrected chi connectivity index (χ3v) is 1.74. The minimum atomic E-state index is -0.949. The Morgan fingerprint density at radius 3 is 2.47 bits per heavy atom. The Morgan fingerprint density at radius 1 is 1.13 bits per heavy atom. The third-order valence-electron chi connectivity index (χ3n) is 1.74. The molecule has 0 bridgehead atoms. The summed E-state index contributed by atoms with van der Waals surface area (Å²) in [6, 6.07) is 0. The minimum Gasteiger partial charge on any atom is -0.481 e. The number of carbonyl (C=O) groups is 2. The van der Waals surface area contributed by atoms with Crippen molar-refractivity contribution in [2.24, 2.45) is 5.73 Å². The number of hydrogen-bond acceptors (Lipinski definition) is 4. The van der Waals surface area contributed by atoms with E-state index < -0.39 is 5.97 Å². The molecule has 0 aliphatic carbocycles. The predicted molar refractivity (Wildman–Crippen MR) is 56.4 cm³/mol. The first kappa shape index (κ1) is 13.9. The zero-order valence-corrected chi connectivity index (χ0v) is 8.79. The summed E-state index contributed by atoms with van der Waals surface area (Å²) in [6.07, 6.45) is 0.752. The van der Waals surface area contributed by atoms with Crippen LogP contribution in [0.15, 0.2) is 0 Å². The number of amides is 1. The van der Waals surface area contributed by atoms with Crippen molar-refractivity contribution >= 4 is 11.9 Å². The number of rotatable bonds is 9. The minimum absolute atomic E-state index is 0.0472. The molecule has 0 radical (unpaired) electrons. The number of carboxylic acids is 1. The Hall–Kier alpha value is -1.14. The molecule has 0 aromatic heterocycles. The Balaban J connectivity index is 3.20. The highest BCUT2D eigenvalue weighted by molar-refractivity contribution is 5.80. The highest BCUT2D eigenvalue weighted by atomic mass is 16.4. The second-order valence-electron chi connectivity index (χ2n) is 3.14. The van der Waals surface area contributed by atoms with Crippen molar-refractivity contribution in [3.63, 3.8) is 0 Å². The molecule has 6 heteroatoms. The van der Waals surface area contributed by atoms with Crippen LogP contribution >= 0.6 is 0 Å². The standard InChI is InChI=1S/C9H19N3O3/c10-4-7-11-5-1-6-12-8(13)2-3-9(14)15/h11H,1-7,10H2,(H,12,13)(H,14,15). The third kappa shape index (κ3) is 10.8. The molecular formula is C9H19N3O3. The van der Waals surface area contributed by atoms with Crippen molar-refractivity contribution in [3.8, 4) is 0 Å². The average molecular weight is 217 g/mol. The maximum atomic E-state index is 11.0. The molecule has 5 N–H and O–H groups in total. The first-order valence-electron chi connectivity index (χ1n) is 5.06. The lowest BCUT2D eigenvalue weighted by Gasteiger charge is -2.04. The summed E-state index contributed by atoms with van der Waals surface area (Å²) in [5, 5.41) is 14.1. The van der Waals surface area contributed by atoms with Gasteiger partial charge in [-0.1, -0.05) is 0 Å². The zero-order chi connectivity index (χ0) is 11.5. The molecule has 0 rings (SSSR count). The van der Waals surface area contributed by atoms with Crippen LogP contribution in [0.25, 0.3) is 0 Å². The number of aliphatic carboxylic acids is 1. The lowest BCUT2D eigenvalue weighted by atomic mass is 10.3. The molecule has 0 heterocycles. The summed E-state index contributed by atoms with van der Waals surface area (Å²) < 4.78 is 0. The first-order chi connectivity index (χ1) is 7.16. The van der Waals surface area contributed by atoms with Crippen LogP contribution in [0, 0.1) is 0 Å². The van der Waals surface area contributed by atoms with Gasteiger partial charge >= 0.3 is 5.97 Å². The molecule has 88 valence electrons. The van der Waals surface area contributed by atoms with Crippen LogP contribution in [-0.2, 0) is 9.59 Å². The molecule has 0 saturated heterocycles. The lowest BCUT2D eigenvalue weighted by molar-refractivity contribution is -0.138. The van der Waals surface area contributed by atoms with Gasteiger partial charge < -0.3 is 21.5 Å². The monoisotopic (exact) mass is 217 g/mol. The quantitative estimate of drug-likeness (QED) is 0.367. The summed E-state index contributed by atoms with van der Waals surface area (Å²) in [5.41, 5.74) is 5.27. The van der Waals surface area contributed by atoms with Crippen LogP contribution < -0.4 is 16.4 Å². The van der Waals surface area contributed by atoms with E-state index in [1.54, 1.807) is 0 Å². The van der Waals surface area contributed by atoms with Gasteiger partial charge in [0.15, 0.2) is 0 Å². The van der Waals surface area contributed by atoms with Gasteiger partial charge in [-0.3, -0.25) is 9.59 Å². The zero-order valence-electron chi connectivity index (χ0n) is 8.79. The van der Waals surface area contributed by atoms with Gasteiger partial charge in [0.25, 0.3) is 0 Å². The average Bonchev–Trinajstić information content (AvgIpc) is 2.20. The number of hydrogen-bond donors (Lipinski definition) is 4. The van der Waals surface area contributed by atoms with E-state index in [-0.39, 0.29) is 18.7 Å². The molecule has 0 atom stereocenters. The van der Waals surface area contributed by atoms with Crippen LogP contribution in [-0.4, -0.2) is 43.2 Å². The molecule has 0 unspecified atom stereocenters. The Labute approximate surface area is 89.2 Å². The van der Waals surface area contributed by atoms with Gasteiger partial charge in [-0.2, -0.15) is 0 Å². The molecule has 0 fully saturated rings. The van der Waals surface area contributed by atoms with E-state index in [2.05, 4.69) is 10.6 Å². The van der Waals surface area contributed by atoms with E-state index >= 15 is 0 Å². The van der Waals surface area contributed by atoms with Crippen LogP contribution in [0.1, 0.15) is 19.3 Å². The smallest absolute Gasteiger partial charge is 0.303 e. The van der Waals surface area contributed by atoms with Crippen molar-refractivity contribution in [2.75, 3.05) is 26.2 Å². The fourth-order valence-corrected chi connectivity index (χ4v) is 0.977. The van der Waals surface area contributed by atoms with Crippen LogP contribution in [0.2, 0.25) is 0 Å². The highest BCUT2D eigenvalue weighted by Crippen LogP contribution is 1.88. The molecule has 0 aromatic rings. The van der Waals surface area contributed by atoms with Gasteiger partial charge in [0.1, 0.15) is 0 Å². The Bertz CT molecular complexity index is 197. The normalized spacial score (nSPS) is 9.93. The molecule has 0 saturated carbocycles. The topological polar surface area (TPSA) is 104 Å². The van der Waals surface area contributed by atoms with Crippen molar-refractivity contribution in [2.45, 2.75) is 19.3 Å². The second-order valence-corrected chi connectivity index (χ2v) is 3.14. The summed E-state index contributed by atoms with van der Waals surface area (Å²) in [4.78, 5) is 21.2. The van der Waals surface area contributed by atoms with E-state index in [0.29, 0.717) is 13.1 Å². The maximum Gasteiger partial charge on any atom is 0.303 e. The van der Waals surface area contributed by atoms with Gasteiger partial charge in [0.2, 0.25) is 5.91 Å². The van der Waals surface area contributed by atoms with Crippen LogP contribution in [0.3, 0.4) is 0 Å². The Morgan fingerprint density at radius 2 is 1.87 bits per heavy atom. The molecule has 0 aliphatic rings. The van der Waals surface area contributed by atoms with Crippen LogP contribution in [0.5, 0.6) is 0 Å². The van der Waals surface area contributed by atoms with Gasteiger partial charge in [-0.25, -0.2) is 0 Å². The fourth-order valence-electron chi connectivity index (χ4n) is 0.977. The van der Waals surface area contributed by atoms with E-state index in [9.17, 15) is 9.59 Å². The van der Waals surface area contributed by atoms with Crippen molar-refractivity contribution in [1.29, 1.82) is 0 Å². The molecule has 0 aliphatic heterocycles. The van der Waals surface area contributed by atoms with Crippen molar-refractivity contribution in [1.82, 2.24) is 10.6 Å². The molecule has 0 aromatic carbocycles. The fraction of sp³-hybridized carbons (Fsp3) is 0.778. The van der Waals surface area contributed by atoms with Gasteiger partial charge in [0, 0.05) is 26.1 Å². The van der Waals surface area contributed by atoms with E-state index in [0.717, 1.165) is 19.5 Å². The number of nitrogens with one attached hydrogen (secondary N) is 2. The maximum absolute atomic E-state index is 11.0. The Kier molecular flexibility index (Phi) is 8.70. The molecule has 15 heavy (non-hydrogen) atoms. The number of nitrogens with two attached hydrogens (primary N) is 1. The van der Waals surface area contributed by atoms with E-state index in [1.165, 1.54) is 0 Å². The van der Waals surface area contributed by atoms with E-state index in [4.69, 9.17) is 10.8 Å². The first-order valence-corrected chi connectivity index (χ1v) is 5.06. The molecule has 6 nitrogen and oxygen atoms in total. The summed E-state index contributed by atoms with van der Waals surface area (Å²) in [5.74, 6) is -1.16. The van der Waals surface area contributed by atoms with Crippen molar-refractivity contribution in [3.05, 3.63) is 0 Å². The van der Waals surface area contributed by atoms with E-state index in [1.807, 2.05) is 0 Å².